The molecule has 192 valence electrons. The lowest BCUT2D eigenvalue weighted by molar-refractivity contribution is -0.117. The first-order valence-electron chi connectivity index (χ1n) is 11.2. The van der Waals surface area contributed by atoms with Crippen molar-refractivity contribution in [1.82, 2.24) is 4.98 Å². The van der Waals surface area contributed by atoms with Gasteiger partial charge in [-0.15, -0.1) is 11.3 Å². The molecular formula is C26H24N2O7S2. The maximum atomic E-state index is 13.5. The normalized spacial score (nSPS) is 15.2. The number of carbonyl (C=O) groups is 3. The molecule has 0 bridgehead atoms. The van der Waals surface area contributed by atoms with Gasteiger partial charge in [0.25, 0.3) is 5.91 Å². The number of ether oxygens (including phenoxy) is 3. The van der Waals surface area contributed by atoms with E-state index in [0.717, 1.165) is 11.3 Å². The summed E-state index contributed by atoms with van der Waals surface area (Å²) in [5, 5.41) is 12.8. The van der Waals surface area contributed by atoms with Crippen LogP contribution in [0.25, 0.3) is 0 Å². The summed E-state index contributed by atoms with van der Waals surface area (Å²) in [6.45, 7) is 7.69. The van der Waals surface area contributed by atoms with Crippen LogP contribution >= 0.6 is 22.7 Å². The van der Waals surface area contributed by atoms with Crippen molar-refractivity contribution in [2.45, 2.75) is 19.9 Å². The van der Waals surface area contributed by atoms with Crippen molar-refractivity contribution in [3.8, 4) is 11.5 Å². The number of hydrogen-bond acceptors (Lipinski definition) is 10. The second kappa shape index (κ2) is 11.0. The number of aliphatic hydroxyl groups excluding tert-OH is 1. The van der Waals surface area contributed by atoms with Gasteiger partial charge >= 0.3 is 5.97 Å². The number of methoxy groups -OCH3 is 1. The molecule has 1 aromatic carbocycles. The summed E-state index contributed by atoms with van der Waals surface area (Å²) in [5.41, 5.74) is 0.750. The molecule has 1 amide bonds. The van der Waals surface area contributed by atoms with Crippen molar-refractivity contribution in [2.24, 2.45) is 0 Å². The Morgan fingerprint density at radius 3 is 2.68 bits per heavy atom. The van der Waals surface area contributed by atoms with Gasteiger partial charge in [-0.3, -0.25) is 14.5 Å². The van der Waals surface area contributed by atoms with Gasteiger partial charge in [-0.1, -0.05) is 36.1 Å². The van der Waals surface area contributed by atoms with Gasteiger partial charge in [0.05, 0.1) is 35.9 Å². The molecule has 3 heterocycles. The lowest BCUT2D eigenvalue weighted by Gasteiger charge is -2.25. The molecule has 0 saturated carbocycles. The molecule has 2 aromatic heterocycles. The average molecular weight is 541 g/mol. The molecule has 0 aliphatic carbocycles. The zero-order chi connectivity index (χ0) is 26.7. The van der Waals surface area contributed by atoms with Crippen LogP contribution in [0.5, 0.6) is 11.5 Å². The summed E-state index contributed by atoms with van der Waals surface area (Å²) >= 11 is 2.14. The Balaban J connectivity index is 1.88. The van der Waals surface area contributed by atoms with Crippen LogP contribution in [0, 0.1) is 6.92 Å². The van der Waals surface area contributed by atoms with Crippen molar-refractivity contribution < 1.29 is 33.7 Å². The molecular weight excluding hydrogens is 516 g/mol. The Morgan fingerprint density at radius 1 is 1.24 bits per heavy atom. The molecule has 1 atom stereocenters. The number of benzene rings is 1. The Kier molecular flexibility index (Phi) is 7.74. The van der Waals surface area contributed by atoms with E-state index in [2.05, 4.69) is 11.6 Å². The van der Waals surface area contributed by atoms with Gasteiger partial charge in [-0.2, -0.15) is 0 Å². The van der Waals surface area contributed by atoms with Crippen molar-refractivity contribution in [3.63, 3.8) is 0 Å². The van der Waals surface area contributed by atoms with Crippen molar-refractivity contribution in [1.29, 1.82) is 0 Å². The van der Waals surface area contributed by atoms with Crippen LogP contribution in [0.4, 0.5) is 5.13 Å². The number of hydrogen-bond donors (Lipinski definition) is 1. The molecule has 37 heavy (non-hydrogen) atoms. The topological polar surface area (TPSA) is 115 Å². The van der Waals surface area contributed by atoms with Crippen LogP contribution in [-0.2, 0) is 9.53 Å². The maximum absolute atomic E-state index is 13.5. The van der Waals surface area contributed by atoms with E-state index in [-0.39, 0.29) is 22.2 Å². The van der Waals surface area contributed by atoms with E-state index in [4.69, 9.17) is 14.2 Å². The number of aliphatic hydroxyl groups is 1. The smallest absolute Gasteiger partial charge is 0.350 e. The first-order chi connectivity index (χ1) is 17.8. The number of ketones is 1. The third-order valence-corrected chi connectivity index (χ3v) is 7.51. The predicted molar refractivity (Wildman–Crippen MR) is 140 cm³/mol. The van der Waals surface area contributed by atoms with Crippen LogP contribution < -0.4 is 14.4 Å². The summed E-state index contributed by atoms with van der Waals surface area (Å²) in [7, 11) is 1.25. The molecule has 11 heteroatoms. The van der Waals surface area contributed by atoms with Gasteiger partial charge in [-0.05, 0) is 43.0 Å². The quantitative estimate of drug-likeness (QED) is 0.216. The summed E-state index contributed by atoms with van der Waals surface area (Å²) in [6, 6.07) is 7.32. The molecule has 0 spiro atoms. The van der Waals surface area contributed by atoms with Gasteiger partial charge < -0.3 is 19.3 Å². The molecule has 0 radical (unpaired) electrons. The van der Waals surface area contributed by atoms with Crippen molar-refractivity contribution in [2.75, 3.05) is 25.2 Å². The van der Waals surface area contributed by atoms with Gasteiger partial charge in [0.2, 0.25) is 5.78 Å². The minimum atomic E-state index is -1.04. The number of esters is 1. The number of rotatable bonds is 10. The Labute approximate surface area is 221 Å². The number of aromatic nitrogens is 1. The fraction of sp³-hybridized carbons (Fsp3) is 0.231. The summed E-state index contributed by atoms with van der Waals surface area (Å²) in [6.07, 6.45) is 1.60. The highest BCUT2D eigenvalue weighted by molar-refractivity contribution is 7.17. The Bertz CT molecular complexity index is 1390. The number of aryl methyl sites for hydroxylation is 1. The fourth-order valence-electron chi connectivity index (χ4n) is 3.89. The van der Waals surface area contributed by atoms with Gasteiger partial charge in [0, 0.05) is 0 Å². The van der Waals surface area contributed by atoms with Gasteiger partial charge in [0.15, 0.2) is 22.4 Å². The minimum Gasteiger partial charge on any atom is -0.503 e. The molecule has 1 aliphatic rings. The molecule has 0 fully saturated rings. The zero-order valence-corrected chi connectivity index (χ0v) is 22.0. The van der Waals surface area contributed by atoms with Crippen molar-refractivity contribution >= 4 is 45.5 Å². The summed E-state index contributed by atoms with van der Waals surface area (Å²) in [4.78, 5) is 45.4. The van der Waals surface area contributed by atoms with E-state index in [1.54, 1.807) is 48.7 Å². The fourth-order valence-corrected chi connectivity index (χ4v) is 5.58. The number of nitrogens with zero attached hydrogens (tertiary/aromatic N) is 2. The second-order valence-corrected chi connectivity index (χ2v) is 9.71. The van der Waals surface area contributed by atoms with Crippen molar-refractivity contribution in [3.05, 3.63) is 80.7 Å². The molecule has 4 rings (SSSR count). The first kappa shape index (κ1) is 26.1. The Morgan fingerprint density at radius 2 is 2.03 bits per heavy atom. The number of Topliss-reactive ketones (excluding diaryl/α,β-unsaturated/α-hetero) is 1. The van der Waals surface area contributed by atoms with Crippen LogP contribution in [0.1, 0.15) is 43.6 Å². The Hall–Kier alpha value is -3.96. The maximum Gasteiger partial charge on any atom is 0.350 e. The average Bonchev–Trinajstić information content (AvgIpc) is 3.62. The van der Waals surface area contributed by atoms with E-state index in [0.29, 0.717) is 34.2 Å². The highest BCUT2D eigenvalue weighted by Gasteiger charge is 2.46. The molecule has 3 aromatic rings. The second-order valence-electron chi connectivity index (χ2n) is 7.79. The first-order valence-corrected chi connectivity index (χ1v) is 12.9. The molecule has 1 N–H and O–H groups in total. The minimum absolute atomic E-state index is 0.0953. The van der Waals surface area contributed by atoms with Gasteiger partial charge in [0.1, 0.15) is 11.5 Å². The van der Waals surface area contributed by atoms with E-state index < -0.39 is 29.5 Å². The zero-order valence-electron chi connectivity index (χ0n) is 20.3. The number of amides is 1. The molecule has 0 saturated heterocycles. The van der Waals surface area contributed by atoms with E-state index in [1.165, 1.54) is 23.3 Å². The van der Waals surface area contributed by atoms with E-state index >= 15 is 0 Å². The monoisotopic (exact) mass is 540 g/mol. The lowest BCUT2D eigenvalue weighted by atomic mass is 9.95. The number of thiophene rings is 1. The number of thiazole rings is 1. The number of anilines is 1. The third-order valence-electron chi connectivity index (χ3n) is 5.50. The third kappa shape index (κ3) is 4.87. The molecule has 1 aliphatic heterocycles. The van der Waals surface area contributed by atoms with Gasteiger partial charge in [-0.25, -0.2) is 9.78 Å². The molecule has 1 unspecified atom stereocenters. The molecule has 9 nitrogen and oxygen atoms in total. The van der Waals surface area contributed by atoms with E-state index in [9.17, 15) is 19.5 Å². The SMILES string of the molecule is C=CCOc1ccc(C2C(C(=O)c3cccs3)=C(O)C(=O)N2c2nc(C)c(C(=O)OC)s2)cc1OCC. The van der Waals surface area contributed by atoms with Crippen LogP contribution in [-0.4, -0.2) is 48.1 Å². The van der Waals surface area contributed by atoms with Crippen LogP contribution in [0.3, 0.4) is 0 Å². The largest absolute Gasteiger partial charge is 0.503 e. The number of carbonyl (C=O) groups excluding carboxylic acids is 3. The van der Waals surface area contributed by atoms with Crippen LogP contribution in [0.15, 0.2) is 59.7 Å². The highest BCUT2D eigenvalue weighted by atomic mass is 32.1. The summed E-state index contributed by atoms with van der Waals surface area (Å²) in [5.74, 6) is -1.72. The lowest BCUT2D eigenvalue weighted by Crippen LogP contribution is -2.31. The predicted octanol–water partition coefficient (Wildman–Crippen LogP) is 5.05. The standard InChI is InChI=1S/C26H24N2O7S2/c1-5-11-35-16-10-9-15(13-17(16)34-6-2)20-19(21(29)18-8-7-12-36-18)22(30)24(31)28(20)26-27-14(3)23(37-26)25(32)33-4/h5,7-10,12-13,20,30H,1,6,11H2,2-4H3. The summed E-state index contributed by atoms with van der Waals surface area (Å²) < 4.78 is 16.3. The van der Waals surface area contributed by atoms with E-state index in [1.807, 2.05) is 6.92 Å². The van der Waals surface area contributed by atoms with Crippen LogP contribution in [0.2, 0.25) is 0 Å². The highest BCUT2D eigenvalue weighted by Crippen LogP contribution is 2.45.